The van der Waals surface area contributed by atoms with Gasteiger partial charge in [-0.05, 0) is 40.7 Å². The quantitative estimate of drug-likeness (QED) is 0.275. The fourth-order valence-electron chi connectivity index (χ4n) is 6.12. The summed E-state index contributed by atoms with van der Waals surface area (Å²) < 4.78 is 5.81. The highest BCUT2D eigenvalue weighted by Gasteiger charge is 2.39. The molecule has 0 spiro atoms. The van der Waals surface area contributed by atoms with Gasteiger partial charge in [0, 0.05) is 45.0 Å². The van der Waals surface area contributed by atoms with Crippen molar-refractivity contribution in [1.82, 2.24) is 15.5 Å². The van der Waals surface area contributed by atoms with Crippen molar-refractivity contribution >= 4 is 18.0 Å². The molecule has 0 aromatic heterocycles. The molecule has 220 valence electrons. The van der Waals surface area contributed by atoms with Gasteiger partial charge in [-0.2, -0.15) is 0 Å². The van der Waals surface area contributed by atoms with Gasteiger partial charge in [-0.15, -0.1) is 0 Å². The molecular weight excluding hydrogens is 534 g/mol. The van der Waals surface area contributed by atoms with Gasteiger partial charge in [-0.3, -0.25) is 9.69 Å². The van der Waals surface area contributed by atoms with Crippen molar-refractivity contribution in [1.29, 1.82) is 0 Å². The van der Waals surface area contributed by atoms with E-state index in [0.717, 1.165) is 28.8 Å². The van der Waals surface area contributed by atoms with Crippen molar-refractivity contribution in [3.8, 4) is 11.1 Å². The van der Waals surface area contributed by atoms with Crippen LogP contribution < -0.4 is 10.6 Å². The number of piperidine rings is 1. The molecule has 4 N–H and O–H groups in total. The minimum absolute atomic E-state index is 0.0917. The molecule has 3 aromatic carbocycles. The molecule has 1 atom stereocenters. The van der Waals surface area contributed by atoms with Crippen LogP contribution in [0.15, 0.2) is 78.9 Å². The molecule has 5 rings (SSSR count). The van der Waals surface area contributed by atoms with E-state index in [2.05, 4.69) is 51.9 Å². The third kappa shape index (κ3) is 6.80. The summed E-state index contributed by atoms with van der Waals surface area (Å²) in [5, 5.41) is 24.2. The van der Waals surface area contributed by atoms with Crippen LogP contribution in [0.2, 0.25) is 0 Å². The van der Waals surface area contributed by atoms with Crippen LogP contribution >= 0.6 is 0 Å². The molecule has 9 nitrogen and oxygen atoms in total. The lowest BCUT2D eigenvalue weighted by molar-refractivity contribution is -0.142. The molecule has 0 unspecified atom stereocenters. The number of amides is 2. The number of carboxylic acid groups (broad SMARTS) is 1. The number of aliphatic carboxylic acids is 1. The predicted molar refractivity (Wildman–Crippen MR) is 158 cm³/mol. The Kier molecular flexibility index (Phi) is 9.19. The minimum Gasteiger partial charge on any atom is -0.480 e. The van der Waals surface area contributed by atoms with Crippen LogP contribution in [0, 0.1) is 0 Å². The van der Waals surface area contributed by atoms with E-state index in [4.69, 9.17) is 4.74 Å². The van der Waals surface area contributed by atoms with Gasteiger partial charge >= 0.3 is 12.1 Å². The number of fused-ring (bicyclic) bond motifs is 3. The number of carbonyl (C=O) groups excluding carboxylic acids is 2. The monoisotopic (exact) mass is 571 g/mol. The fourth-order valence-corrected chi connectivity index (χ4v) is 6.12. The van der Waals surface area contributed by atoms with Crippen LogP contribution in [0.5, 0.6) is 0 Å². The van der Waals surface area contributed by atoms with Crippen molar-refractivity contribution < 1.29 is 29.3 Å². The normalized spacial score (nSPS) is 16.6. The number of aliphatic hydroxyl groups excluding tert-OH is 1. The Bertz CT molecular complexity index is 1360. The van der Waals surface area contributed by atoms with Crippen molar-refractivity contribution in [2.24, 2.45) is 0 Å². The number of benzene rings is 3. The third-order valence-corrected chi connectivity index (χ3v) is 8.32. The molecule has 9 heteroatoms. The van der Waals surface area contributed by atoms with Crippen LogP contribution in [0.4, 0.5) is 4.79 Å². The Morgan fingerprint density at radius 3 is 2.10 bits per heavy atom. The molecule has 3 aromatic rings. The maximum Gasteiger partial charge on any atom is 0.407 e. The first kappa shape index (κ1) is 29.3. The van der Waals surface area contributed by atoms with Crippen LogP contribution in [-0.4, -0.2) is 71.0 Å². The van der Waals surface area contributed by atoms with Crippen LogP contribution in [0.1, 0.15) is 48.3 Å². The summed E-state index contributed by atoms with van der Waals surface area (Å²) in [5.74, 6) is -1.80. The average molecular weight is 572 g/mol. The third-order valence-electron chi connectivity index (χ3n) is 8.32. The predicted octanol–water partition coefficient (Wildman–Crippen LogP) is 3.90. The number of nitrogens with zero attached hydrogens (tertiary/aromatic N) is 1. The highest BCUT2D eigenvalue weighted by Crippen LogP contribution is 2.44. The Morgan fingerprint density at radius 2 is 1.50 bits per heavy atom. The van der Waals surface area contributed by atoms with E-state index in [1.165, 1.54) is 5.56 Å². The summed E-state index contributed by atoms with van der Waals surface area (Å²) in [4.78, 5) is 40.1. The Labute approximate surface area is 245 Å². The minimum atomic E-state index is -1.21. The fraction of sp³-hybridized carbons (Fsp3) is 0.364. The average Bonchev–Trinajstić information content (AvgIpc) is 3.31. The number of hydrogen-bond acceptors (Lipinski definition) is 6. The van der Waals surface area contributed by atoms with Gasteiger partial charge in [0.2, 0.25) is 5.91 Å². The molecule has 0 bridgehead atoms. The zero-order valence-electron chi connectivity index (χ0n) is 23.5. The van der Waals surface area contributed by atoms with Gasteiger partial charge < -0.3 is 25.6 Å². The molecular formula is C33H37N3O6. The molecule has 0 radical (unpaired) electrons. The molecule has 1 saturated heterocycles. The lowest BCUT2D eigenvalue weighted by Crippen LogP contribution is -2.58. The van der Waals surface area contributed by atoms with Gasteiger partial charge in [0.1, 0.15) is 12.6 Å². The zero-order chi connectivity index (χ0) is 29.5. The molecule has 1 heterocycles. The Morgan fingerprint density at radius 1 is 0.905 bits per heavy atom. The van der Waals surface area contributed by atoms with Crippen LogP contribution in [-0.2, 0) is 20.9 Å². The SMILES string of the molecule is O=C(CC1(NC(=O)OCC2c3ccccc3-c3ccccc32)CCN(Cc2ccccc2)CC1)N[C@@H](CCO)C(=O)O. The molecule has 42 heavy (non-hydrogen) atoms. The van der Waals surface area contributed by atoms with E-state index in [1.807, 2.05) is 42.5 Å². The lowest BCUT2D eigenvalue weighted by atomic mass is 9.83. The van der Waals surface area contributed by atoms with E-state index in [0.29, 0.717) is 25.9 Å². The highest BCUT2D eigenvalue weighted by molar-refractivity contribution is 5.85. The molecule has 2 amide bonds. The Hall–Kier alpha value is -4.21. The van der Waals surface area contributed by atoms with Crippen molar-refractivity contribution in [3.63, 3.8) is 0 Å². The number of rotatable bonds is 11. The number of aliphatic hydroxyl groups is 1. The van der Waals surface area contributed by atoms with Gasteiger partial charge in [0.15, 0.2) is 0 Å². The topological polar surface area (TPSA) is 128 Å². The maximum atomic E-state index is 13.3. The van der Waals surface area contributed by atoms with Crippen molar-refractivity contribution in [2.45, 2.75) is 49.7 Å². The second-order valence-corrected chi connectivity index (χ2v) is 11.1. The first-order valence-corrected chi connectivity index (χ1v) is 14.4. The molecule has 1 aliphatic carbocycles. The standard InChI is InChI=1S/C33H37N3O6/c37-19-14-29(31(39)40)34-30(38)20-33(15-17-36(18-16-33)21-23-8-2-1-3-9-23)35-32(41)42-22-28-26-12-6-4-10-24(26)25-11-5-7-13-27(25)28/h1-13,28-29,37H,14-22H2,(H,34,38)(H,35,41)(H,39,40)/t29-/m0/s1. The summed E-state index contributed by atoms with van der Waals surface area (Å²) in [5.41, 5.74) is 4.77. The molecule has 2 aliphatic rings. The van der Waals surface area contributed by atoms with Crippen molar-refractivity contribution in [2.75, 3.05) is 26.3 Å². The highest BCUT2D eigenvalue weighted by atomic mass is 16.5. The van der Waals surface area contributed by atoms with Crippen LogP contribution in [0.25, 0.3) is 11.1 Å². The summed E-state index contributed by atoms with van der Waals surface area (Å²) in [6.07, 6.45) is 0.195. The first-order valence-electron chi connectivity index (χ1n) is 14.4. The maximum absolute atomic E-state index is 13.3. The van der Waals surface area contributed by atoms with E-state index >= 15 is 0 Å². The number of carboxylic acids is 1. The summed E-state index contributed by atoms with van der Waals surface area (Å²) >= 11 is 0. The number of alkyl carbamates (subject to hydrolysis) is 1. The van der Waals surface area contributed by atoms with Gasteiger partial charge in [0.25, 0.3) is 0 Å². The second kappa shape index (κ2) is 13.2. The number of ether oxygens (including phenoxy) is 1. The smallest absolute Gasteiger partial charge is 0.407 e. The van der Waals surface area contributed by atoms with Crippen LogP contribution in [0.3, 0.4) is 0 Å². The lowest BCUT2D eigenvalue weighted by Gasteiger charge is -2.42. The van der Waals surface area contributed by atoms with Gasteiger partial charge in [-0.1, -0.05) is 78.9 Å². The molecule has 1 fully saturated rings. The first-order chi connectivity index (χ1) is 20.4. The molecule has 0 saturated carbocycles. The van der Waals surface area contributed by atoms with Crippen molar-refractivity contribution in [3.05, 3.63) is 95.6 Å². The number of nitrogens with one attached hydrogen (secondary N) is 2. The number of hydrogen-bond donors (Lipinski definition) is 4. The van der Waals surface area contributed by atoms with Gasteiger partial charge in [-0.25, -0.2) is 9.59 Å². The van der Waals surface area contributed by atoms with Gasteiger partial charge in [0.05, 0.1) is 5.54 Å². The second-order valence-electron chi connectivity index (χ2n) is 11.1. The number of likely N-dealkylation sites (tertiary alicyclic amines) is 1. The van der Waals surface area contributed by atoms with E-state index in [-0.39, 0.29) is 32.0 Å². The summed E-state index contributed by atoms with van der Waals surface area (Å²) in [7, 11) is 0. The zero-order valence-corrected chi connectivity index (χ0v) is 23.5. The number of carbonyl (C=O) groups is 3. The Balaban J connectivity index is 1.27. The summed E-state index contributed by atoms with van der Waals surface area (Å²) in [6, 6.07) is 25.1. The molecule has 1 aliphatic heterocycles. The van der Waals surface area contributed by atoms with E-state index in [1.54, 1.807) is 0 Å². The van der Waals surface area contributed by atoms with E-state index < -0.39 is 29.6 Å². The largest absolute Gasteiger partial charge is 0.480 e. The van der Waals surface area contributed by atoms with E-state index in [9.17, 15) is 24.6 Å². The summed E-state index contributed by atoms with van der Waals surface area (Å²) in [6.45, 7) is 1.83.